The highest BCUT2D eigenvalue weighted by molar-refractivity contribution is 5.96. The summed E-state index contributed by atoms with van der Waals surface area (Å²) in [7, 11) is 0. The molecule has 1 saturated heterocycles. The smallest absolute Gasteiger partial charge is 0.170 e. The van der Waals surface area contributed by atoms with Crippen LogP contribution in [0.1, 0.15) is 24.0 Å². The minimum atomic E-state index is 0.138. The Bertz CT molecular complexity index is 411. The summed E-state index contributed by atoms with van der Waals surface area (Å²) in [5.74, 6) is 0.768. The van der Waals surface area contributed by atoms with Gasteiger partial charge in [-0.1, -0.05) is 29.4 Å². The molecule has 0 aromatic heterocycles. The summed E-state index contributed by atoms with van der Waals surface area (Å²) in [5.41, 5.74) is 7.43. The van der Waals surface area contributed by atoms with Crippen LogP contribution in [0.4, 0.5) is 0 Å². The molecule has 0 amide bonds. The summed E-state index contributed by atoms with van der Waals surface area (Å²) in [6, 6.07) is 7.68. The number of nitrogens with two attached hydrogens (primary N) is 1. The number of nitrogens with zero attached hydrogens (tertiary/aromatic N) is 1. The number of ether oxygens (including phenoxy) is 1. The van der Waals surface area contributed by atoms with Gasteiger partial charge in [0.25, 0.3) is 0 Å². The van der Waals surface area contributed by atoms with Crippen LogP contribution in [0.15, 0.2) is 29.4 Å². The minimum Gasteiger partial charge on any atom is -0.409 e. The van der Waals surface area contributed by atoms with Gasteiger partial charge >= 0.3 is 0 Å². The lowest BCUT2D eigenvalue weighted by Crippen LogP contribution is -2.28. The second-order valence-electron chi connectivity index (χ2n) is 4.90. The van der Waals surface area contributed by atoms with Crippen LogP contribution in [-0.2, 0) is 11.3 Å². The van der Waals surface area contributed by atoms with Gasteiger partial charge in [0.2, 0.25) is 0 Å². The van der Waals surface area contributed by atoms with Gasteiger partial charge in [0.05, 0.1) is 6.61 Å². The largest absolute Gasteiger partial charge is 0.409 e. The molecular weight excluding hydrogens is 242 g/mol. The van der Waals surface area contributed by atoms with E-state index in [1.165, 1.54) is 18.4 Å². The molecule has 19 heavy (non-hydrogen) atoms. The zero-order valence-electron chi connectivity index (χ0n) is 11.0. The molecule has 0 spiro atoms. The van der Waals surface area contributed by atoms with Crippen LogP contribution in [0.25, 0.3) is 0 Å². The van der Waals surface area contributed by atoms with Crippen LogP contribution < -0.4 is 11.1 Å². The van der Waals surface area contributed by atoms with Gasteiger partial charge in [-0.3, -0.25) is 0 Å². The van der Waals surface area contributed by atoms with Gasteiger partial charge in [-0.2, -0.15) is 0 Å². The number of rotatable bonds is 5. The van der Waals surface area contributed by atoms with E-state index in [1.54, 1.807) is 0 Å². The Labute approximate surface area is 113 Å². The molecule has 1 fully saturated rings. The normalized spacial score (nSPS) is 20.4. The first-order valence-corrected chi connectivity index (χ1v) is 6.65. The number of amidine groups is 1. The topological polar surface area (TPSA) is 79.9 Å². The molecule has 4 N–H and O–H groups in total. The lowest BCUT2D eigenvalue weighted by Gasteiger charge is -2.22. The Balaban J connectivity index is 1.76. The van der Waals surface area contributed by atoms with Gasteiger partial charge in [-0.15, -0.1) is 0 Å². The molecule has 1 aliphatic rings. The lowest BCUT2D eigenvalue weighted by molar-refractivity contribution is 0.0547. The number of hydrogen-bond donors (Lipinski definition) is 3. The fraction of sp³-hybridized carbons (Fsp3) is 0.500. The highest BCUT2D eigenvalue weighted by Gasteiger charge is 2.12. The quantitative estimate of drug-likeness (QED) is 0.324. The van der Waals surface area contributed by atoms with Gasteiger partial charge in [0.1, 0.15) is 0 Å². The van der Waals surface area contributed by atoms with Crippen molar-refractivity contribution >= 4 is 5.84 Å². The number of hydrogen-bond acceptors (Lipinski definition) is 4. The maximum Gasteiger partial charge on any atom is 0.170 e. The fourth-order valence-corrected chi connectivity index (χ4v) is 2.24. The van der Waals surface area contributed by atoms with E-state index in [4.69, 9.17) is 15.7 Å². The number of benzene rings is 1. The predicted octanol–water partition coefficient (Wildman–Crippen LogP) is 1.30. The summed E-state index contributed by atoms with van der Waals surface area (Å²) in [6.45, 7) is 3.59. The van der Waals surface area contributed by atoms with Gasteiger partial charge < -0.3 is 21.0 Å². The first kappa shape index (κ1) is 13.8. The van der Waals surface area contributed by atoms with Crippen molar-refractivity contribution in [2.24, 2.45) is 16.8 Å². The highest BCUT2D eigenvalue weighted by atomic mass is 16.5. The molecule has 0 bridgehead atoms. The van der Waals surface area contributed by atoms with Crippen molar-refractivity contribution in [3.05, 3.63) is 35.4 Å². The summed E-state index contributed by atoms with van der Waals surface area (Å²) in [5, 5.41) is 15.0. The second-order valence-corrected chi connectivity index (χ2v) is 4.90. The van der Waals surface area contributed by atoms with E-state index in [2.05, 4.69) is 10.5 Å². The molecule has 1 heterocycles. The van der Waals surface area contributed by atoms with Gasteiger partial charge in [-0.25, -0.2) is 0 Å². The average Bonchev–Trinajstić information content (AvgIpc) is 2.48. The van der Waals surface area contributed by atoms with Crippen molar-refractivity contribution < 1.29 is 9.94 Å². The van der Waals surface area contributed by atoms with Crippen molar-refractivity contribution in [1.82, 2.24) is 5.32 Å². The predicted molar refractivity (Wildman–Crippen MR) is 74.2 cm³/mol. The third-order valence-corrected chi connectivity index (χ3v) is 3.37. The molecule has 0 saturated carbocycles. The minimum absolute atomic E-state index is 0.138. The molecule has 0 aliphatic carbocycles. The van der Waals surface area contributed by atoms with Gasteiger partial charge in [0, 0.05) is 25.3 Å². The fourth-order valence-electron chi connectivity index (χ4n) is 2.24. The Kier molecular flexibility index (Phi) is 5.18. The zero-order chi connectivity index (χ0) is 13.5. The maximum absolute atomic E-state index is 8.58. The zero-order valence-corrected chi connectivity index (χ0v) is 11.0. The molecule has 5 heteroatoms. The molecule has 1 unspecified atom stereocenters. The molecule has 1 atom stereocenters. The van der Waals surface area contributed by atoms with E-state index >= 15 is 0 Å². The van der Waals surface area contributed by atoms with Crippen molar-refractivity contribution in [3.8, 4) is 0 Å². The van der Waals surface area contributed by atoms with E-state index in [1.807, 2.05) is 24.3 Å². The van der Waals surface area contributed by atoms with Crippen LogP contribution in [0.3, 0.4) is 0 Å². The van der Waals surface area contributed by atoms with Crippen LogP contribution >= 0.6 is 0 Å². The summed E-state index contributed by atoms with van der Waals surface area (Å²) < 4.78 is 5.45. The van der Waals surface area contributed by atoms with Crippen molar-refractivity contribution in [3.63, 3.8) is 0 Å². The summed E-state index contributed by atoms with van der Waals surface area (Å²) in [6.07, 6.45) is 2.41. The standard InChI is InChI=1S/C14H21N3O2/c15-14(17-18)13-5-3-11(4-6-13)8-16-9-12-2-1-7-19-10-12/h3-6,12,16,18H,1-2,7-10H2,(H2,15,17). The van der Waals surface area contributed by atoms with E-state index in [-0.39, 0.29) is 5.84 Å². The Morgan fingerprint density at radius 1 is 1.42 bits per heavy atom. The van der Waals surface area contributed by atoms with Crippen LogP contribution in [-0.4, -0.2) is 30.8 Å². The average molecular weight is 263 g/mol. The van der Waals surface area contributed by atoms with Crippen LogP contribution in [0.5, 0.6) is 0 Å². The van der Waals surface area contributed by atoms with Crippen LogP contribution in [0.2, 0.25) is 0 Å². The first-order chi connectivity index (χ1) is 9.29. The van der Waals surface area contributed by atoms with E-state index in [9.17, 15) is 0 Å². The van der Waals surface area contributed by atoms with E-state index in [0.717, 1.165) is 31.9 Å². The molecule has 1 aliphatic heterocycles. The number of nitrogens with one attached hydrogen (secondary N) is 1. The highest BCUT2D eigenvalue weighted by Crippen LogP contribution is 2.12. The van der Waals surface area contributed by atoms with Crippen molar-refractivity contribution in [1.29, 1.82) is 0 Å². The molecule has 1 aromatic carbocycles. The molecule has 0 radical (unpaired) electrons. The van der Waals surface area contributed by atoms with Gasteiger partial charge in [-0.05, 0) is 24.3 Å². The first-order valence-electron chi connectivity index (χ1n) is 6.65. The molecule has 104 valence electrons. The van der Waals surface area contributed by atoms with Crippen molar-refractivity contribution in [2.45, 2.75) is 19.4 Å². The van der Waals surface area contributed by atoms with Crippen LogP contribution in [0, 0.1) is 5.92 Å². The molecule has 1 aromatic rings. The monoisotopic (exact) mass is 263 g/mol. The molecular formula is C14H21N3O2. The third-order valence-electron chi connectivity index (χ3n) is 3.37. The Hall–Kier alpha value is -1.59. The van der Waals surface area contributed by atoms with E-state index < -0.39 is 0 Å². The lowest BCUT2D eigenvalue weighted by atomic mass is 10.0. The molecule has 5 nitrogen and oxygen atoms in total. The second kappa shape index (κ2) is 7.11. The van der Waals surface area contributed by atoms with Gasteiger partial charge in [0.15, 0.2) is 5.84 Å². The van der Waals surface area contributed by atoms with E-state index in [0.29, 0.717) is 5.92 Å². The third kappa shape index (κ3) is 4.22. The Morgan fingerprint density at radius 3 is 2.84 bits per heavy atom. The Morgan fingerprint density at radius 2 is 2.21 bits per heavy atom. The number of oxime groups is 1. The summed E-state index contributed by atoms with van der Waals surface area (Å²) in [4.78, 5) is 0. The summed E-state index contributed by atoms with van der Waals surface area (Å²) >= 11 is 0. The maximum atomic E-state index is 8.58. The SMILES string of the molecule is NC(=NO)c1ccc(CNCC2CCCOC2)cc1. The molecule has 2 rings (SSSR count). The van der Waals surface area contributed by atoms with Crippen molar-refractivity contribution in [2.75, 3.05) is 19.8 Å².